The van der Waals surface area contributed by atoms with E-state index in [1.165, 1.54) is 18.2 Å². The van der Waals surface area contributed by atoms with Crippen LogP contribution in [0.15, 0.2) is 53.5 Å². The number of alkyl halides is 3. The summed E-state index contributed by atoms with van der Waals surface area (Å²) in [4.78, 5) is 14.6. The van der Waals surface area contributed by atoms with Gasteiger partial charge in [-0.3, -0.25) is 10.1 Å². The van der Waals surface area contributed by atoms with Gasteiger partial charge >= 0.3 is 6.18 Å². The van der Waals surface area contributed by atoms with E-state index < -0.39 is 16.7 Å². The fourth-order valence-electron chi connectivity index (χ4n) is 2.54. The average Bonchev–Trinajstić information content (AvgIpc) is 2.72. The van der Waals surface area contributed by atoms with Crippen LogP contribution in [0.2, 0.25) is 0 Å². The van der Waals surface area contributed by atoms with Gasteiger partial charge in [-0.25, -0.2) is 4.99 Å². The van der Waals surface area contributed by atoms with Gasteiger partial charge in [-0.1, -0.05) is 24.3 Å². The zero-order valence-corrected chi connectivity index (χ0v) is 16.4. The van der Waals surface area contributed by atoms with Crippen LogP contribution < -0.4 is 10.6 Å². The number of rotatable bonds is 9. The van der Waals surface area contributed by atoms with Crippen molar-refractivity contribution in [2.24, 2.45) is 4.99 Å². The summed E-state index contributed by atoms with van der Waals surface area (Å²) in [6.07, 6.45) is -3.69. The summed E-state index contributed by atoms with van der Waals surface area (Å²) < 4.78 is 43.6. The molecule has 0 aliphatic carbocycles. The van der Waals surface area contributed by atoms with Gasteiger partial charge in [-0.2, -0.15) is 13.2 Å². The summed E-state index contributed by atoms with van der Waals surface area (Å²) in [6.45, 7) is 1.51. The summed E-state index contributed by atoms with van der Waals surface area (Å²) in [5, 5.41) is 16.9. The number of nitro groups is 1. The Kier molecular flexibility index (Phi) is 8.60. The van der Waals surface area contributed by atoms with Gasteiger partial charge in [0.1, 0.15) is 0 Å². The first-order chi connectivity index (χ1) is 14.3. The zero-order valence-electron chi connectivity index (χ0n) is 16.4. The molecule has 2 aromatic carbocycles. The van der Waals surface area contributed by atoms with E-state index in [9.17, 15) is 23.3 Å². The van der Waals surface area contributed by atoms with E-state index >= 15 is 0 Å². The van der Waals surface area contributed by atoms with Crippen molar-refractivity contribution in [3.8, 4) is 0 Å². The van der Waals surface area contributed by atoms with Crippen molar-refractivity contribution in [1.82, 2.24) is 10.6 Å². The molecule has 2 rings (SSSR count). The maximum absolute atomic E-state index is 12.9. The Morgan fingerprint density at radius 3 is 2.50 bits per heavy atom. The van der Waals surface area contributed by atoms with Crippen molar-refractivity contribution in [3.05, 3.63) is 75.3 Å². The van der Waals surface area contributed by atoms with Crippen LogP contribution in [0.1, 0.15) is 23.1 Å². The lowest BCUT2D eigenvalue weighted by Gasteiger charge is -2.13. The van der Waals surface area contributed by atoms with Crippen molar-refractivity contribution in [2.75, 3.05) is 20.3 Å². The SMILES string of the molecule is COCCCNC(=NCc1cccc(C(F)(F)F)c1)NCc1ccc([N+](=O)[O-])cc1. The number of ether oxygens (including phenoxy) is 1. The van der Waals surface area contributed by atoms with E-state index in [-0.39, 0.29) is 12.2 Å². The molecular weight excluding hydrogens is 401 g/mol. The Morgan fingerprint density at radius 1 is 1.13 bits per heavy atom. The lowest BCUT2D eigenvalue weighted by atomic mass is 10.1. The molecule has 30 heavy (non-hydrogen) atoms. The Labute approximate surface area is 172 Å². The summed E-state index contributed by atoms with van der Waals surface area (Å²) in [7, 11) is 1.59. The fraction of sp³-hybridized carbons (Fsp3) is 0.350. The van der Waals surface area contributed by atoms with Gasteiger partial charge in [0.15, 0.2) is 5.96 Å². The normalized spacial score (nSPS) is 11.9. The molecule has 0 fully saturated rings. The standard InChI is InChI=1S/C20H23F3N4O3/c1-30-11-3-10-24-19(25-13-15-6-8-18(9-7-15)27(28)29)26-14-16-4-2-5-17(12-16)20(21,22)23/h2,4-9,12H,3,10-11,13-14H2,1H3,(H2,24,25,26). The molecule has 0 heterocycles. The van der Waals surface area contributed by atoms with Crippen molar-refractivity contribution >= 4 is 11.6 Å². The number of aliphatic imine (C=N–C) groups is 1. The van der Waals surface area contributed by atoms with E-state index in [1.54, 1.807) is 25.3 Å². The summed E-state index contributed by atoms with van der Waals surface area (Å²) in [5.74, 6) is 0.418. The molecule has 162 valence electrons. The minimum atomic E-state index is -4.41. The van der Waals surface area contributed by atoms with Crippen LogP contribution >= 0.6 is 0 Å². The molecule has 0 unspecified atom stereocenters. The molecule has 0 bridgehead atoms. The first-order valence-corrected chi connectivity index (χ1v) is 9.20. The van der Waals surface area contributed by atoms with Crippen LogP contribution in [0, 0.1) is 10.1 Å². The second kappa shape index (κ2) is 11.1. The molecule has 0 saturated heterocycles. The molecule has 0 aliphatic heterocycles. The number of hydrogen-bond acceptors (Lipinski definition) is 4. The van der Waals surface area contributed by atoms with Gasteiger partial charge in [-0.05, 0) is 29.7 Å². The molecule has 0 spiro atoms. The molecule has 0 aliphatic rings. The number of nitro benzene ring substituents is 1. The van der Waals surface area contributed by atoms with Crippen LogP contribution in [0.4, 0.5) is 18.9 Å². The Bertz CT molecular complexity index is 855. The summed E-state index contributed by atoms with van der Waals surface area (Å²) >= 11 is 0. The Hall–Kier alpha value is -3.14. The number of nitrogens with zero attached hydrogens (tertiary/aromatic N) is 2. The number of non-ortho nitro benzene ring substituents is 1. The highest BCUT2D eigenvalue weighted by Gasteiger charge is 2.30. The molecule has 7 nitrogen and oxygen atoms in total. The molecule has 0 atom stereocenters. The lowest BCUT2D eigenvalue weighted by Crippen LogP contribution is -2.37. The minimum Gasteiger partial charge on any atom is -0.385 e. The average molecular weight is 424 g/mol. The predicted molar refractivity (Wildman–Crippen MR) is 107 cm³/mol. The lowest BCUT2D eigenvalue weighted by molar-refractivity contribution is -0.384. The highest BCUT2D eigenvalue weighted by atomic mass is 19.4. The molecule has 0 aromatic heterocycles. The molecular formula is C20H23F3N4O3. The molecule has 0 radical (unpaired) electrons. The third-order valence-corrected chi connectivity index (χ3v) is 4.10. The molecule has 0 saturated carbocycles. The number of guanidine groups is 1. The van der Waals surface area contributed by atoms with Gasteiger partial charge in [0.2, 0.25) is 0 Å². The van der Waals surface area contributed by atoms with E-state index in [0.717, 1.165) is 24.1 Å². The molecule has 2 aromatic rings. The monoisotopic (exact) mass is 424 g/mol. The number of methoxy groups -OCH3 is 1. The number of hydrogen-bond donors (Lipinski definition) is 2. The van der Waals surface area contributed by atoms with E-state index in [1.807, 2.05) is 0 Å². The van der Waals surface area contributed by atoms with Crippen LogP contribution in [-0.2, 0) is 24.0 Å². The van der Waals surface area contributed by atoms with Crippen LogP contribution in [0.3, 0.4) is 0 Å². The van der Waals surface area contributed by atoms with Crippen LogP contribution in [0.25, 0.3) is 0 Å². The van der Waals surface area contributed by atoms with Crippen molar-refractivity contribution in [2.45, 2.75) is 25.7 Å². The highest BCUT2D eigenvalue weighted by Crippen LogP contribution is 2.29. The van der Waals surface area contributed by atoms with E-state index in [0.29, 0.717) is 31.2 Å². The van der Waals surface area contributed by atoms with Gasteiger partial charge in [-0.15, -0.1) is 0 Å². The quantitative estimate of drug-likeness (QED) is 0.210. The second-order valence-corrected chi connectivity index (χ2v) is 6.41. The summed E-state index contributed by atoms with van der Waals surface area (Å²) in [6, 6.07) is 11.1. The third-order valence-electron chi connectivity index (χ3n) is 4.10. The number of nitrogens with one attached hydrogen (secondary N) is 2. The zero-order chi connectivity index (χ0) is 22.0. The van der Waals surface area contributed by atoms with Crippen LogP contribution in [0.5, 0.6) is 0 Å². The van der Waals surface area contributed by atoms with Crippen molar-refractivity contribution < 1.29 is 22.8 Å². The Morgan fingerprint density at radius 2 is 1.87 bits per heavy atom. The van der Waals surface area contributed by atoms with Gasteiger partial charge < -0.3 is 15.4 Å². The second-order valence-electron chi connectivity index (χ2n) is 6.41. The van der Waals surface area contributed by atoms with E-state index in [2.05, 4.69) is 15.6 Å². The first-order valence-electron chi connectivity index (χ1n) is 9.20. The van der Waals surface area contributed by atoms with E-state index in [4.69, 9.17) is 4.74 Å². The molecule has 2 N–H and O–H groups in total. The van der Waals surface area contributed by atoms with Gasteiger partial charge in [0.25, 0.3) is 5.69 Å². The molecule has 0 amide bonds. The minimum absolute atomic E-state index is 0.00474. The number of benzene rings is 2. The fourth-order valence-corrected chi connectivity index (χ4v) is 2.54. The Balaban J connectivity index is 2.05. The maximum Gasteiger partial charge on any atom is 0.416 e. The van der Waals surface area contributed by atoms with Gasteiger partial charge in [0.05, 0.1) is 17.0 Å². The highest BCUT2D eigenvalue weighted by molar-refractivity contribution is 5.79. The maximum atomic E-state index is 12.9. The smallest absolute Gasteiger partial charge is 0.385 e. The summed E-state index contributed by atoms with van der Waals surface area (Å²) in [5.41, 5.74) is 0.503. The van der Waals surface area contributed by atoms with Gasteiger partial charge in [0, 0.05) is 38.9 Å². The van der Waals surface area contributed by atoms with Crippen LogP contribution in [-0.4, -0.2) is 31.1 Å². The van der Waals surface area contributed by atoms with Crippen molar-refractivity contribution in [1.29, 1.82) is 0 Å². The largest absolute Gasteiger partial charge is 0.416 e. The predicted octanol–water partition coefficient (Wildman–Crippen LogP) is 3.89. The first kappa shape index (κ1) is 23.1. The number of halogens is 3. The topological polar surface area (TPSA) is 88.8 Å². The van der Waals surface area contributed by atoms with Crippen molar-refractivity contribution in [3.63, 3.8) is 0 Å². The molecule has 10 heteroatoms. The third kappa shape index (κ3) is 7.70.